The lowest BCUT2D eigenvalue weighted by Gasteiger charge is -2.35. The molecule has 2 amide bonds. The van der Waals surface area contributed by atoms with Gasteiger partial charge in [0.2, 0.25) is 0 Å². The molecule has 0 unspecified atom stereocenters. The van der Waals surface area contributed by atoms with Gasteiger partial charge in [0, 0.05) is 46.0 Å². The highest BCUT2D eigenvalue weighted by molar-refractivity contribution is 5.97. The minimum Gasteiger partial charge on any atom is -0.478 e. The summed E-state index contributed by atoms with van der Waals surface area (Å²) < 4.78 is 5.77. The van der Waals surface area contributed by atoms with E-state index in [1.807, 2.05) is 25.1 Å². The molecule has 1 atom stereocenters. The van der Waals surface area contributed by atoms with Crippen LogP contribution in [0.5, 0.6) is 5.75 Å². The molecule has 2 aliphatic heterocycles. The van der Waals surface area contributed by atoms with Crippen LogP contribution < -0.4 is 20.3 Å². The van der Waals surface area contributed by atoms with Gasteiger partial charge in [-0.15, -0.1) is 0 Å². The SMILES string of the molecule is CC[C@@H]1Oc2ccc(CN3CCN(c4ccc(C(=O)NC)cn4)CC3)cc2NC1=O. The first kappa shape index (κ1) is 20.2. The molecule has 2 N–H and O–H groups in total. The summed E-state index contributed by atoms with van der Waals surface area (Å²) in [5.74, 6) is 1.42. The number of rotatable bonds is 5. The molecule has 0 spiro atoms. The molecule has 1 aromatic carbocycles. The summed E-state index contributed by atoms with van der Waals surface area (Å²) in [7, 11) is 1.61. The van der Waals surface area contributed by atoms with Crippen LogP contribution in [0.1, 0.15) is 29.3 Å². The predicted octanol–water partition coefficient (Wildman–Crippen LogP) is 1.87. The minimum atomic E-state index is -0.407. The number of hydrogen-bond donors (Lipinski definition) is 2. The Morgan fingerprint density at radius 1 is 1.23 bits per heavy atom. The van der Waals surface area contributed by atoms with Gasteiger partial charge < -0.3 is 20.3 Å². The van der Waals surface area contributed by atoms with Crippen molar-refractivity contribution in [2.45, 2.75) is 26.0 Å². The third-order valence-corrected chi connectivity index (χ3v) is 5.57. The zero-order chi connectivity index (χ0) is 21.1. The van der Waals surface area contributed by atoms with Gasteiger partial charge in [0.25, 0.3) is 11.8 Å². The van der Waals surface area contributed by atoms with Crippen LogP contribution in [0, 0.1) is 0 Å². The van der Waals surface area contributed by atoms with E-state index in [9.17, 15) is 9.59 Å². The van der Waals surface area contributed by atoms with E-state index in [1.54, 1.807) is 19.3 Å². The first-order valence-electron chi connectivity index (χ1n) is 10.3. The van der Waals surface area contributed by atoms with Gasteiger partial charge in [-0.05, 0) is 36.2 Å². The zero-order valence-corrected chi connectivity index (χ0v) is 17.4. The van der Waals surface area contributed by atoms with Crippen molar-refractivity contribution in [3.05, 3.63) is 47.7 Å². The highest BCUT2D eigenvalue weighted by atomic mass is 16.5. The van der Waals surface area contributed by atoms with Crippen LogP contribution in [0.15, 0.2) is 36.5 Å². The molecule has 0 aliphatic carbocycles. The van der Waals surface area contributed by atoms with Crippen molar-refractivity contribution in [3.63, 3.8) is 0 Å². The Morgan fingerprint density at radius 2 is 2.03 bits per heavy atom. The number of carbonyl (C=O) groups is 2. The van der Waals surface area contributed by atoms with Crippen molar-refractivity contribution in [2.75, 3.05) is 43.4 Å². The largest absolute Gasteiger partial charge is 0.478 e. The van der Waals surface area contributed by atoms with Gasteiger partial charge in [0.15, 0.2) is 6.10 Å². The zero-order valence-electron chi connectivity index (χ0n) is 17.4. The maximum Gasteiger partial charge on any atom is 0.265 e. The molecule has 2 aromatic rings. The molecule has 1 saturated heterocycles. The smallest absolute Gasteiger partial charge is 0.265 e. The van der Waals surface area contributed by atoms with Crippen molar-refractivity contribution in [1.29, 1.82) is 0 Å². The molecule has 0 saturated carbocycles. The van der Waals surface area contributed by atoms with Gasteiger partial charge in [0.1, 0.15) is 11.6 Å². The lowest BCUT2D eigenvalue weighted by atomic mass is 10.1. The number of carbonyl (C=O) groups excluding carboxylic acids is 2. The van der Waals surface area contributed by atoms with Gasteiger partial charge >= 0.3 is 0 Å². The Bertz CT molecular complexity index is 923. The average Bonchev–Trinajstić information content (AvgIpc) is 2.78. The van der Waals surface area contributed by atoms with Crippen molar-refractivity contribution in [3.8, 4) is 5.75 Å². The normalized spacial score (nSPS) is 18.9. The number of anilines is 2. The molecule has 0 bridgehead atoms. The molecule has 158 valence electrons. The molecule has 2 aliphatic rings. The highest BCUT2D eigenvalue weighted by Gasteiger charge is 2.26. The van der Waals surface area contributed by atoms with Crippen molar-refractivity contribution in [2.24, 2.45) is 0 Å². The summed E-state index contributed by atoms with van der Waals surface area (Å²) in [6.45, 7) is 6.32. The number of fused-ring (bicyclic) bond motifs is 1. The lowest BCUT2D eigenvalue weighted by molar-refractivity contribution is -0.123. The third-order valence-electron chi connectivity index (χ3n) is 5.57. The second kappa shape index (κ2) is 8.71. The van der Waals surface area contributed by atoms with Crippen LogP contribution in [0.2, 0.25) is 0 Å². The maximum absolute atomic E-state index is 12.1. The minimum absolute atomic E-state index is 0.0781. The molecular formula is C22H27N5O3. The second-order valence-corrected chi connectivity index (χ2v) is 7.58. The van der Waals surface area contributed by atoms with Crippen LogP contribution in [0.4, 0.5) is 11.5 Å². The summed E-state index contributed by atoms with van der Waals surface area (Å²) in [5.41, 5.74) is 2.46. The van der Waals surface area contributed by atoms with E-state index < -0.39 is 6.10 Å². The van der Waals surface area contributed by atoms with Gasteiger partial charge in [-0.25, -0.2) is 4.98 Å². The lowest BCUT2D eigenvalue weighted by Crippen LogP contribution is -2.46. The summed E-state index contributed by atoms with van der Waals surface area (Å²) in [5, 5.41) is 5.56. The Balaban J connectivity index is 1.34. The third kappa shape index (κ3) is 4.23. The number of pyridine rings is 1. The Kier molecular flexibility index (Phi) is 5.85. The first-order valence-corrected chi connectivity index (χ1v) is 10.3. The molecule has 8 nitrogen and oxygen atoms in total. The van der Waals surface area contributed by atoms with Crippen LogP contribution in [-0.2, 0) is 11.3 Å². The van der Waals surface area contributed by atoms with E-state index in [0.717, 1.165) is 55.5 Å². The van der Waals surface area contributed by atoms with E-state index in [2.05, 4.69) is 31.5 Å². The van der Waals surface area contributed by atoms with E-state index >= 15 is 0 Å². The Morgan fingerprint density at radius 3 is 2.70 bits per heavy atom. The Hall–Kier alpha value is -3.13. The molecule has 30 heavy (non-hydrogen) atoms. The van der Waals surface area contributed by atoms with Crippen molar-refractivity contribution < 1.29 is 14.3 Å². The van der Waals surface area contributed by atoms with E-state index in [0.29, 0.717) is 12.0 Å². The van der Waals surface area contributed by atoms with Gasteiger partial charge in [-0.1, -0.05) is 13.0 Å². The number of ether oxygens (including phenoxy) is 1. The van der Waals surface area contributed by atoms with Gasteiger partial charge in [-0.3, -0.25) is 14.5 Å². The molecule has 4 rings (SSSR count). The molecule has 0 radical (unpaired) electrons. The van der Waals surface area contributed by atoms with E-state index in [1.165, 1.54) is 0 Å². The fourth-order valence-corrected chi connectivity index (χ4v) is 3.81. The number of hydrogen-bond acceptors (Lipinski definition) is 6. The number of piperazine rings is 1. The van der Waals surface area contributed by atoms with Crippen LogP contribution >= 0.6 is 0 Å². The highest BCUT2D eigenvalue weighted by Crippen LogP contribution is 2.31. The van der Waals surface area contributed by atoms with E-state index in [-0.39, 0.29) is 11.8 Å². The van der Waals surface area contributed by atoms with Gasteiger partial charge in [-0.2, -0.15) is 0 Å². The second-order valence-electron chi connectivity index (χ2n) is 7.58. The predicted molar refractivity (Wildman–Crippen MR) is 115 cm³/mol. The number of aromatic nitrogens is 1. The number of nitrogens with one attached hydrogen (secondary N) is 2. The van der Waals surface area contributed by atoms with E-state index in [4.69, 9.17) is 4.74 Å². The van der Waals surface area contributed by atoms with Gasteiger partial charge in [0.05, 0.1) is 11.3 Å². The monoisotopic (exact) mass is 409 g/mol. The molecule has 1 fully saturated rings. The first-order chi connectivity index (χ1) is 14.6. The van der Waals surface area contributed by atoms with Crippen LogP contribution in [-0.4, -0.2) is 61.0 Å². The van der Waals surface area contributed by atoms with Crippen molar-refractivity contribution >= 4 is 23.3 Å². The number of nitrogens with zero attached hydrogens (tertiary/aromatic N) is 3. The number of benzene rings is 1. The molecular weight excluding hydrogens is 382 g/mol. The summed E-state index contributed by atoms with van der Waals surface area (Å²) in [4.78, 5) is 32.8. The fraction of sp³-hybridized carbons (Fsp3) is 0.409. The molecule has 3 heterocycles. The summed E-state index contributed by atoms with van der Waals surface area (Å²) >= 11 is 0. The summed E-state index contributed by atoms with van der Waals surface area (Å²) in [6.07, 6.45) is 1.86. The fourth-order valence-electron chi connectivity index (χ4n) is 3.81. The maximum atomic E-state index is 12.1. The topological polar surface area (TPSA) is 86.8 Å². The quantitative estimate of drug-likeness (QED) is 0.784. The van der Waals surface area contributed by atoms with Crippen LogP contribution in [0.25, 0.3) is 0 Å². The average molecular weight is 409 g/mol. The van der Waals surface area contributed by atoms with Crippen LogP contribution in [0.3, 0.4) is 0 Å². The molecule has 1 aromatic heterocycles. The molecule has 8 heteroatoms. The number of amides is 2. The Labute approximate surface area is 176 Å². The standard InChI is InChI=1S/C22H27N5O3/c1-3-18-22(29)25-17-12-15(4-6-19(17)30-18)14-26-8-10-27(11-9-26)20-7-5-16(13-24-20)21(28)23-2/h4-7,12-13,18H,3,8-11,14H2,1-2H3,(H,23,28)(H,25,29)/t18-/m0/s1. The summed E-state index contributed by atoms with van der Waals surface area (Å²) in [6, 6.07) is 9.72. The van der Waals surface area contributed by atoms with Crippen molar-refractivity contribution in [1.82, 2.24) is 15.2 Å².